The van der Waals surface area contributed by atoms with Crippen LogP contribution >= 0.6 is 35.8 Å². The minimum atomic E-state index is -0.567. The van der Waals surface area contributed by atoms with Gasteiger partial charge in [0, 0.05) is 16.3 Å². The summed E-state index contributed by atoms with van der Waals surface area (Å²) in [4.78, 5) is 14.1. The Balaban J connectivity index is 1.66. The number of nitrogens with one attached hydrogen (secondary N) is 1. The Morgan fingerprint density at radius 2 is 1.90 bits per heavy atom. The number of benzene rings is 2. The number of nitrogens with zero attached hydrogens (tertiary/aromatic N) is 2. The molecule has 0 saturated heterocycles. The van der Waals surface area contributed by atoms with Crippen LogP contribution in [0.15, 0.2) is 81.8 Å². The van der Waals surface area contributed by atoms with Crippen LogP contribution in [0.2, 0.25) is 10.0 Å². The molecule has 3 aromatic rings. The third-order valence-corrected chi connectivity index (χ3v) is 5.65. The first kappa shape index (κ1) is 21.1. The van der Waals surface area contributed by atoms with Crippen LogP contribution in [0.5, 0.6) is 0 Å². The van der Waals surface area contributed by atoms with E-state index in [1.54, 1.807) is 47.4 Å². The number of rotatable bonds is 4. The van der Waals surface area contributed by atoms with E-state index in [0.717, 1.165) is 5.69 Å². The van der Waals surface area contributed by atoms with Gasteiger partial charge >= 0.3 is 0 Å². The number of hydrogen-bond acceptors (Lipinski definition) is 5. The number of carbonyl (C=O) groups excluding carboxylic acids is 1. The zero-order chi connectivity index (χ0) is 22.0. The van der Waals surface area contributed by atoms with Gasteiger partial charge in [0.1, 0.15) is 29.3 Å². The van der Waals surface area contributed by atoms with E-state index in [4.69, 9.17) is 27.6 Å². The Labute approximate surface area is 194 Å². The van der Waals surface area contributed by atoms with E-state index in [1.807, 2.05) is 36.4 Å². The van der Waals surface area contributed by atoms with E-state index in [0.29, 0.717) is 27.1 Å². The van der Waals surface area contributed by atoms with E-state index in [9.17, 15) is 10.1 Å². The summed E-state index contributed by atoms with van der Waals surface area (Å²) in [5, 5.41) is 13.5. The Morgan fingerprint density at radius 1 is 1.13 bits per heavy atom. The second-order valence-electron chi connectivity index (χ2n) is 6.62. The molecule has 1 aliphatic rings. The van der Waals surface area contributed by atoms with E-state index in [2.05, 4.69) is 17.9 Å². The number of anilines is 1. The van der Waals surface area contributed by atoms with Crippen LogP contribution in [0.4, 0.5) is 5.69 Å². The molecule has 0 unspecified atom stereocenters. The summed E-state index contributed by atoms with van der Waals surface area (Å²) in [7, 11) is 0. The highest BCUT2D eigenvalue weighted by molar-refractivity contribution is 7.84. The molecular formula is C23H15Cl2N3O2S. The van der Waals surface area contributed by atoms with Gasteiger partial charge in [0.15, 0.2) is 0 Å². The smallest absolute Gasteiger partial charge is 0.266 e. The van der Waals surface area contributed by atoms with Crippen molar-refractivity contribution >= 4 is 53.5 Å². The van der Waals surface area contributed by atoms with Gasteiger partial charge in [-0.15, -0.1) is 12.6 Å². The fraction of sp³-hybridized carbons (Fsp3) is 0.0435. The number of para-hydroxylation sites is 1. The lowest BCUT2D eigenvalue weighted by atomic mass is 10.1. The fourth-order valence-electron chi connectivity index (χ4n) is 3.19. The molecule has 1 amide bonds. The number of thiol groups is 1. The second-order valence-corrected chi connectivity index (χ2v) is 7.89. The third-order valence-electron chi connectivity index (χ3n) is 4.65. The normalized spacial score (nSPS) is 16.5. The lowest BCUT2D eigenvalue weighted by Gasteiger charge is -2.36. The summed E-state index contributed by atoms with van der Waals surface area (Å²) in [6.07, 6.45) is 2.93. The van der Waals surface area contributed by atoms with Crippen molar-refractivity contribution in [2.24, 2.45) is 0 Å². The van der Waals surface area contributed by atoms with Gasteiger partial charge < -0.3 is 14.6 Å². The van der Waals surface area contributed by atoms with Crippen LogP contribution < -0.4 is 10.2 Å². The summed E-state index contributed by atoms with van der Waals surface area (Å²) in [5.41, 5.74) is 1.42. The number of hydrogen-bond donors (Lipinski definition) is 2. The molecule has 1 aromatic heterocycles. The van der Waals surface area contributed by atoms with Crippen molar-refractivity contribution in [1.82, 2.24) is 5.32 Å². The molecule has 1 N–H and O–H groups in total. The molecular weight excluding hydrogens is 453 g/mol. The van der Waals surface area contributed by atoms with Crippen LogP contribution in [0.25, 0.3) is 17.4 Å². The second kappa shape index (κ2) is 8.94. The monoisotopic (exact) mass is 467 g/mol. The van der Waals surface area contributed by atoms with Gasteiger partial charge in [0.05, 0.1) is 10.1 Å². The number of amides is 1. The molecule has 0 saturated carbocycles. The molecule has 2 heterocycles. The number of carbonyl (C=O) groups is 1. The minimum absolute atomic E-state index is 0.0484. The molecule has 1 atom stereocenters. The first-order valence-electron chi connectivity index (χ1n) is 9.20. The highest BCUT2D eigenvalue weighted by Crippen LogP contribution is 2.33. The fourth-order valence-corrected chi connectivity index (χ4v) is 3.96. The van der Waals surface area contributed by atoms with Gasteiger partial charge in [-0.2, -0.15) is 5.26 Å². The summed E-state index contributed by atoms with van der Waals surface area (Å²) >= 11 is 16.8. The molecule has 8 heteroatoms. The molecule has 0 fully saturated rings. The van der Waals surface area contributed by atoms with E-state index in [1.165, 1.54) is 0 Å². The van der Waals surface area contributed by atoms with Crippen molar-refractivity contribution in [3.63, 3.8) is 0 Å². The molecule has 4 rings (SSSR count). The quantitative estimate of drug-likeness (QED) is 0.469. The lowest BCUT2D eigenvalue weighted by Crippen LogP contribution is -2.51. The highest BCUT2D eigenvalue weighted by atomic mass is 35.5. The van der Waals surface area contributed by atoms with Crippen molar-refractivity contribution in [2.75, 3.05) is 4.90 Å². The maximum absolute atomic E-state index is 12.3. The zero-order valence-corrected chi connectivity index (χ0v) is 18.3. The third kappa shape index (κ3) is 4.35. The predicted molar refractivity (Wildman–Crippen MR) is 126 cm³/mol. The molecule has 5 nitrogen and oxygen atoms in total. The van der Waals surface area contributed by atoms with Crippen LogP contribution in [0.1, 0.15) is 5.76 Å². The largest absolute Gasteiger partial charge is 0.457 e. The Bertz CT molecular complexity index is 1250. The highest BCUT2D eigenvalue weighted by Gasteiger charge is 2.31. The number of nitriles is 1. The van der Waals surface area contributed by atoms with Gasteiger partial charge in [-0.3, -0.25) is 4.79 Å². The van der Waals surface area contributed by atoms with Crippen molar-refractivity contribution in [2.45, 2.75) is 6.17 Å². The van der Waals surface area contributed by atoms with E-state index in [-0.39, 0.29) is 10.6 Å². The summed E-state index contributed by atoms with van der Waals surface area (Å²) in [6.45, 7) is 0. The topological polar surface area (TPSA) is 69.3 Å². The lowest BCUT2D eigenvalue weighted by molar-refractivity contribution is -0.117. The molecule has 1 aliphatic heterocycles. The van der Waals surface area contributed by atoms with Gasteiger partial charge in [-0.05, 0) is 54.6 Å². The van der Waals surface area contributed by atoms with Crippen molar-refractivity contribution < 1.29 is 9.21 Å². The van der Waals surface area contributed by atoms with Gasteiger partial charge in [-0.25, -0.2) is 0 Å². The van der Waals surface area contributed by atoms with Crippen LogP contribution in [0, 0.1) is 11.3 Å². The van der Waals surface area contributed by atoms with Gasteiger partial charge in [-0.1, -0.05) is 41.4 Å². The first-order chi connectivity index (χ1) is 15.0. The number of furan rings is 1. The maximum Gasteiger partial charge on any atom is 0.266 e. The van der Waals surface area contributed by atoms with Crippen LogP contribution in [-0.2, 0) is 4.79 Å². The number of halogens is 2. The SMILES string of the molecule is N#CC1=C(S)N(c2ccccc2)[C@@H](/C=C/c2ccc(-c3cc(Cl)ccc3Cl)o2)NC1=O. The average Bonchev–Trinajstić information content (AvgIpc) is 3.23. The predicted octanol–water partition coefficient (Wildman–Crippen LogP) is 5.89. The van der Waals surface area contributed by atoms with Crippen molar-refractivity contribution in [3.8, 4) is 17.4 Å². The van der Waals surface area contributed by atoms with Crippen molar-refractivity contribution in [1.29, 1.82) is 5.26 Å². The van der Waals surface area contributed by atoms with E-state index < -0.39 is 12.1 Å². The molecule has 0 bridgehead atoms. The Kier molecular flexibility index (Phi) is 6.10. The summed E-state index contributed by atoms with van der Waals surface area (Å²) < 4.78 is 5.89. The first-order valence-corrected chi connectivity index (χ1v) is 10.4. The Morgan fingerprint density at radius 3 is 2.65 bits per heavy atom. The molecule has 0 spiro atoms. The molecule has 154 valence electrons. The maximum atomic E-state index is 12.3. The summed E-state index contributed by atoms with van der Waals surface area (Å²) in [6, 6.07) is 20.0. The van der Waals surface area contributed by atoms with Gasteiger partial charge in [0.25, 0.3) is 5.91 Å². The molecule has 0 radical (unpaired) electrons. The van der Waals surface area contributed by atoms with Crippen LogP contribution in [-0.4, -0.2) is 12.1 Å². The molecule has 31 heavy (non-hydrogen) atoms. The average molecular weight is 468 g/mol. The molecule has 2 aromatic carbocycles. The zero-order valence-electron chi connectivity index (χ0n) is 15.9. The minimum Gasteiger partial charge on any atom is -0.457 e. The Hall–Kier alpha value is -3.11. The van der Waals surface area contributed by atoms with Crippen LogP contribution in [0.3, 0.4) is 0 Å². The van der Waals surface area contributed by atoms with E-state index >= 15 is 0 Å². The molecule has 0 aliphatic carbocycles. The van der Waals surface area contributed by atoms with Gasteiger partial charge in [0.2, 0.25) is 0 Å². The van der Waals surface area contributed by atoms with Crippen molar-refractivity contribution in [3.05, 3.63) is 93.1 Å². The standard InChI is InChI=1S/C23H15Cl2N3O2S/c24-14-6-9-19(25)17(12-14)20-10-7-16(30-20)8-11-21-27-22(29)18(13-26)23(31)28(21)15-4-2-1-3-5-15/h1-12,21,31H,(H,27,29)/b11-8+/t21-/m0/s1. The summed E-state index contributed by atoms with van der Waals surface area (Å²) in [5.74, 6) is 0.644.